The molecule has 1 aromatic heterocycles. The van der Waals surface area contributed by atoms with Gasteiger partial charge in [-0.1, -0.05) is 30.3 Å². The van der Waals surface area contributed by atoms with Crippen molar-refractivity contribution in [3.05, 3.63) is 52.0 Å². The van der Waals surface area contributed by atoms with Gasteiger partial charge in [-0.15, -0.1) is 35.3 Å². The first-order chi connectivity index (χ1) is 12.7. The van der Waals surface area contributed by atoms with Crippen molar-refractivity contribution >= 4 is 41.3 Å². The van der Waals surface area contributed by atoms with E-state index < -0.39 is 6.10 Å². The first-order valence-electron chi connectivity index (χ1n) is 8.90. The van der Waals surface area contributed by atoms with E-state index in [0.29, 0.717) is 19.1 Å². The quantitative estimate of drug-likeness (QED) is 0.264. The number of aliphatic hydroxyl groups is 1. The van der Waals surface area contributed by atoms with Crippen LogP contribution >= 0.6 is 35.3 Å². The average molecular weight is 504 g/mol. The van der Waals surface area contributed by atoms with Crippen molar-refractivity contribution < 1.29 is 9.84 Å². The molecular weight excluding hydrogens is 475 g/mol. The van der Waals surface area contributed by atoms with Crippen LogP contribution in [-0.4, -0.2) is 48.4 Å². The van der Waals surface area contributed by atoms with Crippen LogP contribution in [0.3, 0.4) is 0 Å². The van der Waals surface area contributed by atoms with Crippen LogP contribution in [0.15, 0.2) is 40.7 Å². The summed E-state index contributed by atoms with van der Waals surface area (Å²) in [6, 6.07) is 9.92. The van der Waals surface area contributed by atoms with Gasteiger partial charge in [0.05, 0.1) is 36.6 Å². The fourth-order valence-electron chi connectivity index (χ4n) is 2.31. The lowest BCUT2D eigenvalue weighted by Gasteiger charge is -2.13. The summed E-state index contributed by atoms with van der Waals surface area (Å²) in [6.07, 6.45) is 0.215. The van der Waals surface area contributed by atoms with Gasteiger partial charge in [-0.25, -0.2) is 4.98 Å². The molecule has 0 aliphatic rings. The Hall–Kier alpha value is -1.23. The lowest BCUT2D eigenvalue weighted by atomic mass is 10.2. The second-order valence-electron chi connectivity index (χ2n) is 5.91. The van der Waals surface area contributed by atoms with Crippen LogP contribution in [0.1, 0.15) is 23.2 Å². The molecule has 1 heterocycles. The Morgan fingerprint density at radius 3 is 2.74 bits per heavy atom. The molecule has 0 saturated heterocycles. The van der Waals surface area contributed by atoms with Gasteiger partial charge in [0.2, 0.25) is 0 Å². The molecule has 0 spiro atoms. The van der Waals surface area contributed by atoms with E-state index in [0.717, 1.165) is 35.8 Å². The summed E-state index contributed by atoms with van der Waals surface area (Å²) in [6.45, 7) is 6.58. The van der Waals surface area contributed by atoms with Crippen LogP contribution < -0.4 is 10.6 Å². The monoisotopic (exact) mass is 504 g/mol. The standard InChI is InChI=1S/C19H28N4O2S.HI/c1-3-20-19(21-10-9-17-14-26-15(2)23-17)22-11-18(24)13-25-12-16-7-5-4-6-8-16;/h4-8,14,18,24H,3,9-13H2,1-2H3,(H2,20,21,22);1H. The van der Waals surface area contributed by atoms with Crippen molar-refractivity contribution in [2.45, 2.75) is 33.0 Å². The van der Waals surface area contributed by atoms with E-state index >= 15 is 0 Å². The lowest BCUT2D eigenvalue weighted by molar-refractivity contribution is 0.0331. The summed E-state index contributed by atoms with van der Waals surface area (Å²) in [5.74, 6) is 0.696. The van der Waals surface area contributed by atoms with Crippen molar-refractivity contribution in [1.29, 1.82) is 0 Å². The molecular formula is C19H29IN4O2S. The Labute approximate surface area is 182 Å². The zero-order chi connectivity index (χ0) is 18.6. The first-order valence-corrected chi connectivity index (χ1v) is 9.78. The number of hydrogen-bond acceptors (Lipinski definition) is 5. The fourth-order valence-corrected chi connectivity index (χ4v) is 2.96. The number of rotatable bonds is 10. The molecule has 2 aromatic rings. The maximum atomic E-state index is 10.1. The number of benzene rings is 1. The first kappa shape index (κ1) is 23.8. The van der Waals surface area contributed by atoms with Gasteiger partial charge in [-0.2, -0.15) is 0 Å². The highest BCUT2D eigenvalue weighted by atomic mass is 127. The van der Waals surface area contributed by atoms with E-state index in [4.69, 9.17) is 4.74 Å². The number of aliphatic hydroxyl groups excluding tert-OH is 1. The summed E-state index contributed by atoms with van der Waals surface area (Å²) < 4.78 is 5.55. The van der Waals surface area contributed by atoms with E-state index in [-0.39, 0.29) is 30.6 Å². The number of guanidine groups is 1. The molecule has 1 aromatic carbocycles. The zero-order valence-electron chi connectivity index (χ0n) is 15.9. The molecule has 0 amide bonds. The van der Waals surface area contributed by atoms with Gasteiger partial charge in [-0.05, 0) is 19.4 Å². The fraction of sp³-hybridized carbons (Fsp3) is 0.474. The SMILES string of the molecule is CCNC(=NCC(O)COCc1ccccc1)NCCc1csc(C)n1.I. The summed E-state index contributed by atoms with van der Waals surface area (Å²) in [5, 5.41) is 19.7. The van der Waals surface area contributed by atoms with Gasteiger partial charge in [0.1, 0.15) is 0 Å². The van der Waals surface area contributed by atoms with Crippen molar-refractivity contribution in [2.24, 2.45) is 4.99 Å². The van der Waals surface area contributed by atoms with E-state index in [1.165, 1.54) is 0 Å². The highest BCUT2D eigenvalue weighted by Crippen LogP contribution is 2.07. The summed E-state index contributed by atoms with van der Waals surface area (Å²) in [4.78, 5) is 8.87. The van der Waals surface area contributed by atoms with E-state index in [2.05, 4.69) is 26.0 Å². The van der Waals surface area contributed by atoms with E-state index in [1.807, 2.05) is 44.2 Å². The number of thiazole rings is 1. The van der Waals surface area contributed by atoms with E-state index in [1.54, 1.807) is 11.3 Å². The van der Waals surface area contributed by atoms with Crippen LogP contribution in [0.2, 0.25) is 0 Å². The summed E-state index contributed by atoms with van der Waals surface area (Å²) >= 11 is 1.66. The lowest BCUT2D eigenvalue weighted by Crippen LogP contribution is -2.39. The molecule has 0 bridgehead atoms. The number of aliphatic imine (C=N–C) groups is 1. The van der Waals surface area contributed by atoms with Crippen LogP contribution in [0, 0.1) is 6.92 Å². The van der Waals surface area contributed by atoms with Crippen LogP contribution in [-0.2, 0) is 17.8 Å². The Morgan fingerprint density at radius 2 is 2.07 bits per heavy atom. The van der Waals surface area contributed by atoms with Crippen molar-refractivity contribution in [2.75, 3.05) is 26.2 Å². The molecule has 0 aliphatic carbocycles. The topological polar surface area (TPSA) is 78.8 Å². The molecule has 1 unspecified atom stereocenters. The number of ether oxygens (including phenoxy) is 1. The van der Waals surface area contributed by atoms with Gasteiger partial charge in [0.25, 0.3) is 0 Å². The molecule has 2 rings (SSSR count). The number of nitrogens with zero attached hydrogens (tertiary/aromatic N) is 2. The van der Waals surface area contributed by atoms with Gasteiger partial charge in [-0.3, -0.25) is 4.99 Å². The maximum absolute atomic E-state index is 10.1. The van der Waals surface area contributed by atoms with E-state index in [9.17, 15) is 5.11 Å². The zero-order valence-corrected chi connectivity index (χ0v) is 19.0. The Balaban J connectivity index is 0.00000364. The molecule has 0 aliphatic heterocycles. The third kappa shape index (κ3) is 10.0. The highest BCUT2D eigenvalue weighted by Gasteiger charge is 2.06. The van der Waals surface area contributed by atoms with Gasteiger partial charge in [0, 0.05) is 24.9 Å². The third-order valence-corrected chi connectivity index (χ3v) is 4.39. The minimum atomic E-state index is -0.629. The van der Waals surface area contributed by atoms with Gasteiger partial charge in [0.15, 0.2) is 5.96 Å². The molecule has 3 N–H and O–H groups in total. The molecule has 0 saturated carbocycles. The van der Waals surface area contributed by atoms with Gasteiger partial charge >= 0.3 is 0 Å². The van der Waals surface area contributed by atoms with Crippen molar-refractivity contribution in [3.8, 4) is 0 Å². The Kier molecular flexibility index (Phi) is 12.2. The number of aromatic nitrogens is 1. The molecule has 1 atom stereocenters. The molecule has 8 heteroatoms. The second kappa shape index (κ2) is 13.9. The normalized spacial score (nSPS) is 12.3. The van der Waals surface area contributed by atoms with Crippen molar-refractivity contribution in [1.82, 2.24) is 15.6 Å². The molecule has 6 nitrogen and oxygen atoms in total. The highest BCUT2D eigenvalue weighted by molar-refractivity contribution is 14.0. The molecule has 150 valence electrons. The number of aryl methyl sites for hydroxylation is 1. The predicted octanol–water partition coefficient (Wildman–Crippen LogP) is 2.74. The number of halogens is 1. The molecule has 27 heavy (non-hydrogen) atoms. The Bertz CT molecular complexity index is 667. The van der Waals surface area contributed by atoms with Crippen LogP contribution in [0.4, 0.5) is 0 Å². The summed E-state index contributed by atoms with van der Waals surface area (Å²) in [7, 11) is 0. The van der Waals surface area contributed by atoms with Crippen LogP contribution in [0.5, 0.6) is 0 Å². The Morgan fingerprint density at radius 1 is 1.30 bits per heavy atom. The summed E-state index contributed by atoms with van der Waals surface area (Å²) in [5.41, 5.74) is 2.18. The smallest absolute Gasteiger partial charge is 0.191 e. The maximum Gasteiger partial charge on any atom is 0.191 e. The number of nitrogens with one attached hydrogen (secondary N) is 2. The minimum absolute atomic E-state index is 0. The van der Waals surface area contributed by atoms with Crippen molar-refractivity contribution in [3.63, 3.8) is 0 Å². The third-order valence-electron chi connectivity index (χ3n) is 3.57. The second-order valence-corrected chi connectivity index (χ2v) is 6.97. The predicted molar refractivity (Wildman–Crippen MR) is 122 cm³/mol. The minimum Gasteiger partial charge on any atom is -0.389 e. The molecule has 0 radical (unpaired) electrons. The largest absolute Gasteiger partial charge is 0.389 e. The number of hydrogen-bond donors (Lipinski definition) is 3. The molecule has 0 fully saturated rings. The average Bonchev–Trinajstić information content (AvgIpc) is 3.06. The van der Waals surface area contributed by atoms with Crippen LogP contribution in [0.25, 0.3) is 0 Å². The van der Waals surface area contributed by atoms with Gasteiger partial charge < -0.3 is 20.5 Å².